The SMILES string of the molecule is NC(=O)c1ccc(NCC(O)CO)cc1. The minimum atomic E-state index is -0.791. The van der Waals surface area contributed by atoms with E-state index in [-0.39, 0.29) is 13.2 Å². The summed E-state index contributed by atoms with van der Waals surface area (Å²) in [6.07, 6.45) is -0.791. The lowest BCUT2D eigenvalue weighted by Crippen LogP contribution is -2.22. The maximum absolute atomic E-state index is 10.8. The van der Waals surface area contributed by atoms with Crippen molar-refractivity contribution >= 4 is 11.6 Å². The minimum absolute atomic E-state index is 0.256. The number of aliphatic hydroxyl groups is 2. The van der Waals surface area contributed by atoms with Crippen LogP contribution in [0.4, 0.5) is 5.69 Å². The number of amides is 1. The number of carbonyl (C=O) groups excluding carboxylic acids is 1. The van der Waals surface area contributed by atoms with E-state index < -0.39 is 12.0 Å². The predicted molar refractivity (Wildman–Crippen MR) is 56.5 cm³/mol. The van der Waals surface area contributed by atoms with Crippen LogP contribution in [-0.2, 0) is 0 Å². The molecule has 1 rings (SSSR count). The second kappa shape index (κ2) is 5.33. The zero-order chi connectivity index (χ0) is 11.3. The fourth-order valence-corrected chi connectivity index (χ4v) is 1.05. The van der Waals surface area contributed by atoms with Crippen LogP contribution in [0.1, 0.15) is 10.4 Å². The molecule has 15 heavy (non-hydrogen) atoms. The summed E-state index contributed by atoms with van der Waals surface area (Å²) in [5.41, 5.74) is 6.27. The van der Waals surface area contributed by atoms with Gasteiger partial charge >= 0.3 is 0 Å². The highest BCUT2D eigenvalue weighted by Gasteiger charge is 2.02. The van der Waals surface area contributed by atoms with Crippen LogP contribution in [0.3, 0.4) is 0 Å². The van der Waals surface area contributed by atoms with Gasteiger partial charge in [-0.2, -0.15) is 0 Å². The van der Waals surface area contributed by atoms with Crippen LogP contribution in [-0.4, -0.2) is 35.4 Å². The molecule has 82 valence electrons. The van der Waals surface area contributed by atoms with Crippen LogP contribution in [0.25, 0.3) is 0 Å². The Bertz CT molecular complexity index is 324. The summed E-state index contributed by atoms with van der Waals surface area (Å²) in [7, 11) is 0. The summed E-state index contributed by atoms with van der Waals surface area (Å²) in [4.78, 5) is 10.8. The van der Waals surface area contributed by atoms with Gasteiger partial charge in [-0.1, -0.05) is 0 Å². The number of carbonyl (C=O) groups is 1. The second-order valence-corrected chi connectivity index (χ2v) is 3.16. The maximum Gasteiger partial charge on any atom is 0.248 e. The Morgan fingerprint density at radius 1 is 1.40 bits per heavy atom. The molecule has 5 N–H and O–H groups in total. The number of benzene rings is 1. The molecule has 5 nitrogen and oxygen atoms in total. The Morgan fingerprint density at radius 3 is 2.47 bits per heavy atom. The first-order chi connectivity index (χ1) is 7.13. The average molecular weight is 210 g/mol. The van der Waals surface area contributed by atoms with Crippen molar-refractivity contribution in [2.24, 2.45) is 5.73 Å². The van der Waals surface area contributed by atoms with Gasteiger partial charge in [-0.05, 0) is 24.3 Å². The third-order valence-corrected chi connectivity index (χ3v) is 1.92. The number of rotatable bonds is 5. The molecule has 0 saturated heterocycles. The third-order valence-electron chi connectivity index (χ3n) is 1.92. The highest BCUT2D eigenvalue weighted by atomic mass is 16.3. The molecule has 0 radical (unpaired) electrons. The van der Waals surface area contributed by atoms with Gasteiger partial charge in [0.25, 0.3) is 0 Å². The van der Waals surface area contributed by atoms with Gasteiger partial charge in [-0.25, -0.2) is 0 Å². The van der Waals surface area contributed by atoms with Crippen molar-refractivity contribution in [1.82, 2.24) is 0 Å². The normalized spacial score (nSPS) is 12.1. The summed E-state index contributed by atoms with van der Waals surface area (Å²) in [6, 6.07) is 6.56. The van der Waals surface area contributed by atoms with Gasteiger partial charge in [0.15, 0.2) is 0 Å². The second-order valence-electron chi connectivity index (χ2n) is 3.16. The zero-order valence-corrected chi connectivity index (χ0v) is 8.18. The molecule has 0 saturated carbocycles. The fourth-order valence-electron chi connectivity index (χ4n) is 1.05. The number of anilines is 1. The first-order valence-corrected chi connectivity index (χ1v) is 4.56. The Hall–Kier alpha value is -1.59. The smallest absolute Gasteiger partial charge is 0.248 e. The van der Waals surface area contributed by atoms with E-state index in [1.54, 1.807) is 24.3 Å². The highest BCUT2D eigenvalue weighted by molar-refractivity contribution is 5.93. The van der Waals surface area contributed by atoms with Crippen LogP contribution in [0.15, 0.2) is 24.3 Å². The lowest BCUT2D eigenvalue weighted by Gasteiger charge is -2.10. The number of aliphatic hydroxyl groups excluding tert-OH is 2. The van der Waals surface area contributed by atoms with E-state index in [0.717, 1.165) is 5.69 Å². The first-order valence-electron chi connectivity index (χ1n) is 4.56. The fraction of sp³-hybridized carbons (Fsp3) is 0.300. The third kappa shape index (κ3) is 3.57. The molecule has 0 heterocycles. The van der Waals surface area contributed by atoms with E-state index in [0.29, 0.717) is 5.56 Å². The number of primary amides is 1. The molecule has 0 aliphatic rings. The molecule has 0 aliphatic heterocycles. The van der Waals surface area contributed by atoms with Gasteiger partial charge in [0.05, 0.1) is 12.7 Å². The standard InChI is InChI=1S/C10H14N2O3/c11-10(15)7-1-3-8(4-2-7)12-5-9(14)6-13/h1-4,9,12-14H,5-6H2,(H2,11,15). The topological polar surface area (TPSA) is 95.6 Å². The summed E-state index contributed by atoms with van der Waals surface area (Å²) in [6.45, 7) is -0.0290. The number of nitrogens with two attached hydrogens (primary N) is 1. The van der Waals surface area contributed by atoms with Crippen LogP contribution in [0.2, 0.25) is 0 Å². The summed E-state index contributed by atoms with van der Waals surface area (Å²) in [5, 5.41) is 20.6. The average Bonchev–Trinajstić information content (AvgIpc) is 2.26. The first kappa shape index (κ1) is 11.5. The summed E-state index contributed by atoms with van der Waals surface area (Å²) < 4.78 is 0. The molecule has 0 spiro atoms. The van der Waals surface area contributed by atoms with E-state index in [4.69, 9.17) is 15.9 Å². The van der Waals surface area contributed by atoms with Crippen LogP contribution < -0.4 is 11.1 Å². The van der Waals surface area contributed by atoms with Crippen molar-refractivity contribution in [3.8, 4) is 0 Å². The van der Waals surface area contributed by atoms with Crippen LogP contribution >= 0.6 is 0 Å². The van der Waals surface area contributed by atoms with E-state index in [2.05, 4.69) is 5.32 Å². The molecular weight excluding hydrogens is 196 g/mol. The molecule has 1 aromatic rings. The molecule has 5 heteroatoms. The van der Waals surface area contributed by atoms with Gasteiger partial charge < -0.3 is 21.3 Å². The molecule has 0 aliphatic carbocycles. The lowest BCUT2D eigenvalue weighted by molar-refractivity contribution is 0.1000. The largest absolute Gasteiger partial charge is 0.394 e. The molecule has 1 aromatic carbocycles. The maximum atomic E-state index is 10.8. The molecule has 0 bridgehead atoms. The van der Waals surface area contributed by atoms with Gasteiger partial charge in [-0.3, -0.25) is 4.79 Å². The minimum Gasteiger partial charge on any atom is -0.394 e. The van der Waals surface area contributed by atoms with Crippen molar-refractivity contribution in [2.75, 3.05) is 18.5 Å². The van der Waals surface area contributed by atoms with Crippen LogP contribution in [0, 0.1) is 0 Å². The summed E-state index contributed by atoms with van der Waals surface area (Å²) in [5.74, 6) is -0.475. The van der Waals surface area contributed by atoms with Crippen molar-refractivity contribution in [1.29, 1.82) is 0 Å². The molecule has 1 unspecified atom stereocenters. The zero-order valence-electron chi connectivity index (χ0n) is 8.18. The van der Waals surface area contributed by atoms with Crippen molar-refractivity contribution in [3.63, 3.8) is 0 Å². The Labute approximate surface area is 87.5 Å². The summed E-state index contributed by atoms with van der Waals surface area (Å²) >= 11 is 0. The molecule has 1 atom stereocenters. The molecular formula is C10H14N2O3. The molecule has 0 aromatic heterocycles. The monoisotopic (exact) mass is 210 g/mol. The Kier molecular flexibility index (Phi) is 4.08. The Morgan fingerprint density at radius 2 is 2.00 bits per heavy atom. The molecule has 1 amide bonds. The molecule has 0 fully saturated rings. The number of nitrogens with one attached hydrogen (secondary N) is 1. The van der Waals surface area contributed by atoms with E-state index in [1.165, 1.54) is 0 Å². The van der Waals surface area contributed by atoms with Crippen molar-refractivity contribution in [3.05, 3.63) is 29.8 Å². The Balaban J connectivity index is 2.53. The quantitative estimate of drug-likeness (QED) is 0.529. The predicted octanol–water partition coefficient (Wildman–Crippen LogP) is -0.449. The van der Waals surface area contributed by atoms with E-state index in [1.807, 2.05) is 0 Å². The number of hydrogen-bond donors (Lipinski definition) is 4. The van der Waals surface area contributed by atoms with E-state index >= 15 is 0 Å². The number of hydrogen-bond acceptors (Lipinski definition) is 4. The van der Waals surface area contributed by atoms with Crippen LogP contribution in [0.5, 0.6) is 0 Å². The van der Waals surface area contributed by atoms with Gasteiger partial charge in [0.2, 0.25) is 5.91 Å². The highest BCUT2D eigenvalue weighted by Crippen LogP contribution is 2.08. The van der Waals surface area contributed by atoms with Crippen molar-refractivity contribution in [2.45, 2.75) is 6.10 Å². The van der Waals surface area contributed by atoms with Crippen molar-refractivity contribution < 1.29 is 15.0 Å². The van der Waals surface area contributed by atoms with E-state index in [9.17, 15) is 4.79 Å². The van der Waals surface area contributed by atoms with Gasteiger partial charge in [0.1, 0.15) is 0 Å². The van der Waals surface area contributed by atoms with Gasteiger partial charge in [0, 0.05) is 17.8 Å². The lowest BCUT2D eigenvalue weighted by atomic mass is 10.2. The van der Waals surface area contributed by atoms with Gasteiger partial charge in [-0.15, -0.1) is 0 Å².